The number of nitrogens with two attached hydrogens (primary N) is 1. The molecule has 1 aromatic rings. The zero-order valence-electron chi connectivity index (χ0n) is 9.57. The van der Waals surface area contributed by atoms with Gasteiger partial charge >= 0.3 is 0 Å². The van der Waals surface area contributed by atoms with Crippen molar-refractivity contribution in [2.24, 2.45) is 10.7 Å². The molecule has 0 heterocycles. The molecular formula is C10H14ClN3O2S. The second kappa shape index (κ2) is 5.37. The highest BCUT2D eigenvalue weighted by molar-refractivity contribution is 7.92. The van der Waals surface area contributed by atoms with Gasteiger partial charge in [-0.15, -0.1) is 11.6 Å². The Morgan fingerprint density at radius 2 is 2.18 bits per heavy atom. The van der Waals surface area contributed by atoms with E-state index in [-0.39, 0.29) is 11.7 Å². The summed E-state index contributed by atoms with van der Waals surface area (Å²) in [5, 5.41) is 0. The lowest BCUT2D eigenvalue weighted by Crippen LogP contribution is -2.12. The zero-order valence-corrected chi connectivity index (χ0v) is 11.1. The molecule has 0 aliphatic carbocycles. The summed E-state index contributed by atoms with van der Waals surface area (Å²) < 4.78 is 24.5. The van der Waals surface area contributed by atoms with Crippen molar-refractivity contribution in [1.29, 1.82) is 0 Å². The van der Waals surface area contributed by atoms with Gasteiger partial charge in [-0.05, 0) is 24.6 Å². The summed E-state index contributed by atoms with van der Waals surface area (Å²) >= 11 is 5.53. The number of aryl methyl sites for hydroxylation is 1. The fraction of sp³-hybridized carbons (Fsp3) is 0.300. The molecule has 7 heteroatoms. The van der Waals surface area contributed by atoms with Crippen LogP contribution in [0.4, 0.5) is 11.4 Å². The van der Waals surface area contributed by atoms with Crippen LogP contribution >= 0.6 is 11.6 Å². The van der Waals surface area contributed by atoms with Gasteiger partial charge in [-0.2, -0.15) is 0 Å². The Kier molecular flexibility index (Phi) is 4.36. The molecule has 17 heavy (non-hydrogen) atoms. The summed E-state index contributed by atoms with van der Waals surface area (Å²) in [7, 11) is -3.30. The molecule has 94 valence electrons. The van der Waals surface area contributed by atoms with Gasteiger partial charge in [0.05, 0.1) is 23.5 Å². The van der Waals surface area contributed by atoms with Crippen molar-refractivity contribution in [3.05, 3.63) is 23.8 Å². The lowest BCUT2D eigenvalue weighted by Gasteiger charge is -2.07. The van der Waals surface area contributed by atoms with E-state index in [9.17, 15) is 8.42 Å². The molecule has 0 saturated carbocycles. The number of nitrogens with one attached hydrogen (secondary N) is 1. The Hall–Kier alpha value is -1.27. The number of anilines is 1. The number of alkyl halides is 1. The molecule has 1 rings (SSSR count). The fourth-order valence-corrected chi connectivity index (χ4v) is 1.81. The SMILES string of the molecule is Cc1ccc(NS(C)(=O)=O)cc1N=C(N)CCl. The van der Waals surface area contributed by atoms with Crippen LogP contribution in [-0.2, 0) is 10.0 Å². The Labute approximate surface area is 106 Å². The Morgan fingerprint density at radius 1 is 1.53 bits per heavy atom. The van der Waals surface area contributed by atoms with Gasteiger partial charge in [0.25, 0.3) is 0 Å². The standard InChI is InChI=1S/C10H14ClN3O2S/c1-7-3-4-8(14-17(2,15)16)5-9(7)13-10(12)6-11/h3-5,14H,6H2,1-2H3,(H2,12,13). The molecule has 0 spiro atoms. The number of aliphatic imine (C=N–C) groups is 1. The van der Waals surface area contributed by atoms with Crippen LogP contribution in [-0.4, -0.2) is 26.4 Å². The Bertz CT molecular complexity index is 540. The summed E-state index contributed by atoms with van der Waals surface area (Å²) in [6.07, 6.45) is 1.09. The van der Waals surface area contributed by atoms with Crippen molar-refractivity contribution in [3.8, 4) is 0 Å². The van der Waals surface area contributed by atoms with E-state index in [1.807, 2.05) is 6.92 Å². The second-order valence-electron chi connectivity index (χ2n) is 3.61. The first-order valence-corrected chi connectivity index (χ1v) is 7.22. The van der Waals surface area contributed by atoms with Crippen LogP contribution in [0, 0.1) is 6.92 Å². The maximum absolute atomic E-state index is 11.1. The van der Waals surface area contributed by atoms with Crippen molar-refractivity contribution in [2.45, 2.75) is 6.92 Å². The van der Waals surface area contributed by atoms with Crippen molar-refractivity contribution >= 4 is 38.8 Å². The van der Waals surface area contributed by atoms with E-state index in [4.69, 9.17) is 17.3 Å². The Balaban J connectivity index is 3.11. The van der Waals surface area contributed by atoms with Gasteiger partial charge in [0.1, 0.15) is 5.84 Å². The van der Waals surface area contributed by atoms with Crippen molar-refractivity contribution in [1.82, 2.24) is 0 Å². The number of hydrogen-bond donors (Lipinski definition) is 2. The smallest absolute Gasteiger partial charge is 0.229 e. The molecule has 0 saturated heterocycles. The summed E-state index contributed by atoms with van der Waals surface area (Å²) in [6.45, 7) is 1.85. The molecule has 0 aliphatic heterocycles. The molecule has 0 bridgehead atoms. The topological polar surface area (TPSA) is 84.5 Å². The minimum atomic E-state index is -3.30. The predicted octanol–water partition coefficient (Wildman–Crippen LogP) is 1.59. The van der Waals surface area contributed by atoms with Crippen LogP contribution in [0.1, 0.15) is 5.56 Å². The lowest BCUT2D eigenvalue weighted by atomic mass is 10.2. The maximum atomic E-state index is 11.1. The first kappa shape index (κ1) is 13.8. The van der Waals surface area contributed by atoms with Crippen LogP contribution in [0.3, 0.4) is 0 Å². The number of benzene rings is 1. The molecule has 0 fully saturated rings. The van der Waals surface area contributed by atoms with Crippen LogP contribution in [0.5, 0.6) is 0 Å². The number of sulfonamides is 1. The van der Waals surface area contributed by atoms with Gasteiger partial charge in [-0.3, -0.25) is 4.72 Å². The van der Waals surface area contributed by atoms with Gasteiger partial charge in [-0.1, -0.05) is 6.07 Å². The van der Waals surface area contributed by atoms with Gasteiger partial charge in [0, 0.05) is 0 Å². The average molecular weight is 276 g/mol. The molecule has 0 aromatic heterocycles. The molecule has 3 N–H and O–H groups in total. The van der Waals surface area contributed by atoms with Crippen LogP contribution in [0.15, 0.2) is 23.2 Å². The molecular weight excluding hydrogens is 262 g/mol. The van der Waals surface area contributed by atoms with Crippen molar-refractivity contribution in [2.75, 3.05) is 16.9 Å². The van der Waals surface area contributed by atoms with Crippen molar-refractivity contribution in [3.63, 3.8) is 0 Å². The third-order valence-corrected chi connectivity index (χ3v) is 2.79. The highest BCUT2D eigenvalue weighted by Gasteiger charge is 2.04. The first-order valence-electron chi connectivity index (χ1n) is 4.79. The normalized spacial score (nSPS) is 12.5. The molecule has 0 unspecified atom stereocenters. The van der Waals surface area contributed by atoms with Gasteiger partial charge in [0.15, 0.2) is 0 Å². The van der Waals surface area contributed by atoms with E-state index in [0.29, 0.717) is 11.4 Å². The van der Waals surface area contributed by atoms with E-state index in [0.717, 1.165) is 11.8 Å². The van der Waals surface area contributed by atoms with Crippen molar-refractivity contribution < 1.29 is 8.42 Å². The first-order chi connectivity index (χ1) is 7.81. The second-order valence-corrected chi connectivity index (χ2v) is 5.63. The zero-order chi connectivity index (χ0) is 13.1. The number of rotatable bonds is 4. The van der Waals surface area contributed by atoms with E-state index in [1.54, 1.807) is 18.2 Å². The van der Waals surface area contributed by atoms with E-state index < -0.39 is 10.0 Å². The van der Waals surface area contributed by atoms with E-state index >= 15 is 0 Å². The Morgan fingerprint density at radius 3 is 2.71 bits per heavy atom. The number of nitrogens with zero attached hydrogens (tertiary/aromatic N) is 1. The summed E-state index contributed by atoms with van der Waals surface area (Å²) in [5.41, 5.74) is 7.45. The summed E-state index contributed by atoms with van der Waals surface area (Å²) in [6, 6.07) is 5.02. The highest BCUT2D eigenvalue weighted by Crippen LogP contribution is 2.23. The van der Waals surface area contributed by atoms with Gasteiger partial charge in [0.2, 0.25) is 10.0 Å². The quantitative estimate of drug-likeness (QED) is 0.497. The third-order valence-electron chi connectivity index (χ3n) is 1.91. The summed E-state index contributed by atoms with van der Waals surface area (Å²) in [4.78, 5) is 4.10. The number of hydrogen-bond acceptors (Lipinski definition) is 3. The minimum Gasteiger partial charge on any atom is -0.386 e. The molecule has 1 aromatic carbocycles. The van der Waals surface area contributed by atoms with Gasteiger partial charge < -0.3 is 5.73 Å². The molecule has 0 atom stereocenters. The molecule has 0 amide bonds. The fourth-order valence-electron chi connectivity index (χ4n) is 1.19. The number of halogens is 1. The third kappa shape index (κ3) is 4.62. The molecule has 0 radical (unpaired) electrons. The largest absolute Gasteiger partial charge is 0.386 e. The lowest BCUT2D eigenvalue weighted by molar-refractivity contribution is 0.607. The van der Waals surface area contributed by atoms with Crippen LogP contribution in [0.25, 0.3) is 0 Å². The predicted molar refractivity (Wildman–Crippen MR) is 71.6 cm³/mol. The molecule has 0 aliphatic rings. The van der Waals surface area contributed by atoms with Gasteiger partial charge in [-0.25, -0.2) is 13.4 Å². The van der Waals surface area contributed by atoms with E-state index in [1.165, 1.54) is 0 Å². The van der Waals surface area contributed by atoms with E-state index in [2.05, 4.69) is 9.71 Å². The monoisotopic (exact) mass is 275 g/mol. The average Bonchev–Trinajstić information content (AvgIpc) is 2.20. The number of amidine groups is 1. The molecule has 5 nitrogen and oxygen atoms in total. The highest BCUT2D eigenvalue weighted by atomic mass is 35.5. The maximum Gasteiger partial charge on any atom is 0.229 e. The van der Waals surface area contributed by atoms with Crippen LogP contribution in [0.2, 0.25) is 0 Å². The van der Waals surface area contributed by atoms with Crippen LogP contribution < -0.4 is 10.5 Å². The minimum absolute atomic E-state index is 0.128. The summed E-state index contributed by atoms with van der Waals surface area (Å²) in [5.74, 6) is 0.412.